The molecule has 1 aliphatic rings. The van der Waals surface area contributed by atoms with Crippen LogP contribution in [0.15, 0.2) is 90.5 Å². The minimum atomic E-state index is -0.835. The molecule has 5 nitrogen and oxygen atoms in total. The number of aliphatic hydroxyl groups excluding tert-OH is 1. The van der Waals surface area contributed by atoms with Crippen molar-refractivity contribution in [3.05, 3.63) is 119 Å². The maximum Gasteiger partial charge on any atom is 0.295 e. The van der Waals surface area contributed by atoms with Crippen molar-refractivity contribution >= 4 is 28.2 Å². The van der Waals surface area contributed by atoms with Crippen LogP contribution in [0.3, 0.4) is 0 Å². The monoisotopic (exact) mass is 509 g/mol. The lowest BCUT2D eigenvalue weighted by Gasteiger charge is -2.26. The molecule has 0 aliphatic carbocycles. The van der Waals surface area contributed by atoms with Crippen LogP contribution in [0.1, 0.15) is 42.1 Å². The van der Waals surface area contributed by atoms with Crippen LogP contribution >= 0.6 is 0 Å². The predicted octanol–water partition coefficient (Wildman–Crippen LogP) is 6.70. The zero-order valence-corrected chi connectivity index (χ0v) is 21.4. The van der Waals surface area contributed by atoms with Crippen LogP contribution < -0.4 is 4.74 Å². The van der Waals surface area contributed by atoms with E-state index in [1.54, 1.807) is 30.3 Å². The molecule has 1 atom stereocenters. The van der Waals surface area contributed by atoms with Gasteiger partial charge in [-0.25, -0.2) is 4.39 Å². The number of hydrogen-bond donors (Lipinski definition) is 1. The minimum Gasteiger partial charge on any atom is -0.507 e. The highest BCUT2D eigenvalue weighted by Gasteiger charge is 2.46. The second-order valence-corrected chi connectivity index (χ2v) is 9.77. The molecule has 1 N–H and O–H groups in total. The summed E-state index contributed by atoms with van der Waals surface area (Å²) in [5, 5.41) is 13.3. The zero-order valence-electron chi connectivity index (χ0n) is 21.4. The summed E-state index contributed by atoms with van der Waals surface area (Å²) in [4.78, 5) is 28.4. The van der Waals surface area contributed by atoms with E-state index in [2.05, 4.69) is 0 Å². The number of ketones is 1. The average molecular weight is 510 g/mol. The van der Waals surface area contributed by atoms with Gasteiger partial charge in [0.2, 0.25) is 0 Å². The number of Topliss-reactive ketones (excluding diaryl/α,β-unsaturated/α-hetero) is 1. The van der Waals surface area contributed by atoms with Gasteiger partial charge in [0.25, 0.3) is 11.7 Å². The molecule has 1 aliphatic heterocycles. The second-order valence-electron chi connectivity index (χ2n) is 9.77. The smallest absolute Gasteiger partial charge is 0.295 e. The molecule has 1 saturated heterocycles. The molecule has 6 heteroatoms. The van der Waals surface area contributed by atoms with E-state index < -0.39 is 17.7 Å². The lowest BCUT2D eigenvalue weighted by atomic mass is 9.91. The highest BCUT2D eigenvalue weighted by atomic mass is 19.1. The number of carbonyl (C=O) groups excluding carboxylic acids is 2. The first-order valence-corrected chi connectivity index (χ1v) is 12.5. The average Bonchev–Trinajstić information content (AvgIpc) is 3.15. The first kappa shape index (κ1) is 25.2. The van der Waals surface area contributed by atoms with Crippen molar-refractivity contribution in [2.45, 2.75) is 39.5 Å². The molecule has 0 radical (unpaired) electrons. The van der Waals surface area contributed by atoms with Crippen molar-refractivity contribution in [2.24, 2.45) is 0 Å². The Morgan fingerprint density at radius 1 is 0.974 bits per heavy atom. The van der Waals surface area contributed by atoms with E-state index in [9.17, 15) is 19.1 Å². The van der Waals surface area contributed by atoms with E-state index in [1.807, 2.05) is 63.2 Å². The van der Waals surface area contributed by atoms with Crippen molar-refractivity contribution < 1.29 is 23.8 Å². The van der Waals surface area contributed by atoms with Gasteiger partial charge in [0, 0.05) is 12.1 Å². The number of carbonyl (C=O) groups is 2. The summed E-state index contributed by atoms with van der Waals surface area (Å²) in [6, 6.07) is 23.6. The zero-order chi connectivity index (χ0) is 27.0. The van der Waals surface area contributed by atoms with Crippen molar-refractivity contribution in [3.63, 3.8) is 0 Å². The summed E-state index contributed by atoms with van der Waals surface area (Å²) in [5.41, 5.74) is 2.63. The Balaban J connectivity index is 1.68. The number of hydrogen-bond acceptors (Lipinski definition) is 4. The largest absolute Gasteiger partial charge is 0.507 e. The van der Waals surface area contributed by atoms with E-state index in [1.165, 1.54) is 17.0 Å². The van der Waals surface area contributed by atoms with Crippen LogP contribution in [-0.4, -0.2) is 27.8 Å². The third-order valence-corrected chi connectivity index (χ3v) is 6.74. The standard InChI is InChI=1S/C32H28FNO4/c1-19(2)38-27-16-13-23(17-20(27)3)30(35)28-29(26-10-6-8-22-7-4-5-9-25(22)26)34(32(37)31(28)36)18-21-11-14-24(33)15-12-21/h4-17,19,29,35H,18H2,1-3H3/b30-28-. The van der Waals surface area contributed by atoms with Gasteiger partial charge in [-0.15, -0.1) is 0 Å². The Morgan fingerprint density at radius 2 is 1.68 bits per heavy atom. The summed E-state index contributed by atoms with van der Waals surface area (Å²) < 4.78 is 19.4. The fourth-order valence-electron chi connectivity index (χ4n) is 4.98. The van der Waals surface area contributed by atoms with Crippen LogP contribution in [0.2, 0.25) is 0 Å². The molecule has 0 spiro atoms. The number of ether oxygens (including phenoxy) is 1. The van der Waals surface area contributed by atoms with Crippen LogP contribution in [0, 0.1) is 12.7 Å². The first-order valence-electron chi connectivity index (χ1n) is 12.5. The maximum absolute atomic E-state index is 13.6. The topological polar surface area (TPSA) is 66.8 Å². The molecule has 4 aromatic carbocycles. The van der Waals surface area contributed by atoms with E-state index in [-0.39, 0.29) is 29.8 Å². The van der Waals surface area contributed by atoms with Gasteiger partial charge >= 0.3 is 0 Å². The number of fused-ring (bicyclic) bond motifs is 1. The Kier molecular flexibility index (Phi) is 6.72. The quantitative estimate of drug-likeness (QED) is 0.179. The molecular weight excluding hydrogens is 481 g/mol. The number of aryl methyl sites for hydroxylation is 1. The molecule has 1 unspecified atom stereocenters. The maximum atomic E-state index is 13.6. The summed E-state index contributed by atoms with van der Waals surface area (Å²) in [6.07, 6.45) is -0.0173. The second kappa shape index (κ2) is 10.1. The molecule has 38 heavy (non-hydrogen) atoms. The molecule has 0 bridgehead atoms. The fourth-order valence-corrected chi connectivity index (χ4v) is 4.98. The normalized spacial score (nSPS) is 17.0. The molecule has 5 rings (SSSR count). The number of benzene rings is 4. The van der Waals surface area contributed by atoms with Crippen LogP contribution in [0.5, 0.6) is 5.75 Å². The molecule has 1 fully saturated rings. The summed E-state index contributed by atoms with van der Waals surface area (Å²) in [5.74, 6) is -1.43. The van der Waals surface area contributed by atoms with Crippen LogP contribution in [0.25, 0.3) is 16.5 Å². The van der Waals surface area contributed by atoms with E-state index in [4.69, 9.17) is 4.74 Å². The fraction of sp³-hybridized carbons (Fsp3) is 0.188. The Labute approximate surface area is 220 Å². The molecule has 0 aromatic heterocycles. The number of likely N-dealkylation sites (tertiary alicyclic amines) is 1. The predicted molar refractivity (Wildman–Crippen MR) is 145 cm³/mol. The number of amides is 1. The summed E-state index contributed by atoms with van der Waals surface area (Å²) in [7, 11) is 0. The van der Waals surface area contributed by atoms with Crippen molar-refractivity contribution in [1.29, 1.82) is 0 Å². The molecule has 4 aromatic rings. The van der Waals surface area contributed by atoms with Gasteiger partial charge in [0.15, 0.2) is 0 Å². The lowest BCUT2D eigenvalue weighted by Crippen LogP contribution is -2.29. The number of halogens is 1. The van der Waals surface area contributed by atoms with Gasteiger partial charge in [0.1, 0.15) is 17.3 Å². The van der Waals surface area contributed by atoms with Crippen molar-refractivity contribution in [1.82, 2.24) is 4.90 Å². The lowest BCUT2D eigenvalue weighted by molar-refractivity contribution is -0.140. The highest BCUT2D eigenvalue weighted by molar-refractivity contribution is 6.46. The van der Waals surface area contributed by atoms with Gasteiger partial charge in [-0.2, -0.15) is 0 Å². The number of rotatable bonds is 6. The van der Waals surface area contributed by atoms with E-state index >= 15 is 0 Å². The molecule has 192 valence electrons. The minimum absolute atomic E-state index is 0.0173. The molecule has 0 saturated carbocycles. The SMILES string of the molecule is Cc1cc(/C(O)=C2/C(=O)C(=O)N(Cc3ccc(F)cc3)C2c2cccc3ccccc23)ccc1OC(C)C. The van der Waals surface area contributed by atoms with Crippen LogP contribution in [0.4, 0.5) is 4.39 Å². The third kappa shape index (κ3) is 4.65. The van der Waals surface area contributed by atoms with Gasteiger partial charge in [-0.1, -0.05) is 54.6 Å². The van der Waals surface area contributed by atoms with E-state index in [0.717, 1.165) is 21.9 Å². The van der Waals surface area contributed by atoms with Crippen molar-refractivity contribution in [3.8, 4) is 5.75 Å². The summed E-state index contributed by atoms with van der Waals surface area (Å²) >= 11 is 0. The van der Waals surface area contributed by atoms with Gasteiger partial charge < -0.3 is 14.7 Å². The highest BCUT2D eigenvalue weighted by Crippen LogP contribution is 2.43. The van der Waals surface area contributed by atoms with Gasteiger partial charge in [0.05, 0.1) is 17.7 Å². The first-order chi connectivity index (χ1) is 18.2. The van der Waals surface area contributed by atoms with Gasteiger partial charge in [-0.3, -0.25) is 9.59 Å². The molecule has 1 heterocycles. The van der Waals surface area contributed by atoms with Gasteiger partial charge in [-0.05, 0) is 78.6 Å². The third-order valence-electron chi connectivity index (χ3n) is 6.74. The molecule has 1 amide bonds. The number of nitrogens with zero attached hydrogens (tertiary/aromatic N) is 1. The number of aliphatic hydroxyl groups is 1. The Morgan fingerprint density at radius 3 is 2.39 bits per heavy atom. The Hall–Kier alpha value is -4.45. The van der Waals surface area contributed by atoms with E-state index in [0.29, 0.717) is 16.9 Å². The molecular formula is C32H28FNO4. The Bertz CT molecular complexity index is 1570. The van der Waals surface area contributed by atoms with Crippen molar-refractivity contribution in [2.75, 3.05) is 0 Å². The van der Waals surface area contributed by atoms with Crippen LogP contribution in [-0.2, 0) is 16.1 Å². The summed E-state index contributed by atoms with van der Waals surface area (Å²) in [6.45, 7) is 5.81.